The van der Waals surface area contributed by atoms with E-state index in [9.17, 15) is 4.79 Å². The number of piperidine rings is 1. The number of fused-ring (bicyclic) bond motifs is 2. The van der Waals surface area contributed by atoms with Crippen LogP contribution in [0.25, 0.3) is 0 Å². The molecule has 2 heterocycles. The van der Waals surface area contributed by atoms with Crippen molar-refractivity contribution < 1.29 is 9.53 Å². The summed E-state index contributed by atoms with van der Waals surface area (Å²) in [6, 6.07) is 17.4. The van der Waals surface area contributed by atoms with Crippen molar-refractivity contribution in [3.63, 3.8) is 0 Å². The van der Waals surface area contributed by atoms with Crippen molar-refractivity contribution in [2.45, 2.75) is 70.2 Å². The Morgan fingerprint density at radius 1 is 1.07 bits per heavy atom. The second-order valence-electron chi connectivity index (χ2n) is 8.54. The molecule has 0 spiro atoms. The molecular weight excluding hydrogens is 360 g/mol. The first kappa shape index (κ1) is 20.0. The molecule has 3 atom stereocenters. The van der Waals surface area contributed by atoms with E-state index >= 15 is 0 Å². The largest absolute Gasteiger partial charge is 0.490 e. The second-order valence-corrected chi connectivity index (χ2v) is 8.54. The molecule has 0 aromatic heterocycles. The van der Waals surface area contributed by atoms with E-state index in [0.29, 0.717) is 30.3 Å². The zero-order valence-electron chi connectivity index (χ0n) is 17.6. The van der Waals surface area contributed by atoms with Crippen molar-refractivity contribution >= 4 is 5.91 Å². The van der Waals surface area contributed by atoms with Crippen LogP contribution in [0.15, 0.2) is 48.5 Å². The summed E-state index contributed by atoms with van der Waals surface area (Å²) in [6.07, 6.45) is 7.29. The highest BCUT2D eigenvalue weighted by molar-refractivity contribution is 5.94. The average molecular weight is 393 g/mol. The second kappa shape index (κ2) is 9.00. The fraction of sp³-hybridized carbons (Fsp3) is 0.480. The van der Waals surface area contributed by atoms with E-state index in [-0.39, 0.29) is 5.91 Å². The molecule has 29 heavy (non-hydrogen) atoms. The molecule has 0 aliphatic carbocycles. The maximum absolute atomic E-state index is 12.5. The highest BCUT2D eigenvalue weighted by Crippen LogP contribution is 2.36. The molecule has 2 bridgehead atoms. The van der Waals surface area contributed by atoms with Crippen LogP contribution in [0, 0.1) is 0 Å². The van der Waals surface area contributed by atoms with E-state index in [1.807, 2.05) is 42.5 Å². The zero-order valence-corrected chi connectivity index (χ0v) is 17.6. The third kappa shape index (κ3) is 4.81. The van der Waals surface area contributed by atoms with Crippen LogP contribution in [-0.4, -0.2) is 36.0 Å². The molecular formula is C25H32N2O2. The number of rotatable bonds is 7. The van der Waals surface area contributed by atoms with Crippen LogP contribution in [0.5, 0.6) is 5.75 Å². The number of hydrogen-bond donors (Lipinski definition) is 1. The predicted octanol–water partition coefficient (Wildman–Crippen LogP) is 4.57. The first-order valence-corrected chi connectivity index (χ1v) is 11.0. The number of nitrogens with zero attached hydrogens (tertiary/aromatic N) is 1. The molecule has 1 amide bonds. The highest BCUT2D eigenvalue weighted by atomic mass is 16.5. The number of benzene rings is 2. The van der Waals surface area contributed by atoms with Gasteiger partial charge < -0.3 is 15.0 Å². The molecule has 0 unspecified atom stereocenters. The molecule has 1 N–H and O–H groups in total. The first-order chi connectivity index (χ1) is 14.1. The van der Waals surface area contributed by atoms with Crippen LogP contribution in [0.2, 0.25) is 0 Å². The van der Waals surface area contributed by atoms with Gasteiger partial charge in [0.2, 0.25) is 0 Å². The predicted molar refractivity (Wildman–Crippen MR) is 116 cm³/mol. The molecule has 4 rings (SSSR count). The van der Waals surface area contributed by atoms with Crippen molar-refractivity contribution in [1.29, 1.82) is 0 Å². The smallest absolute Gasteiger partial charge is 0.251 e. The van der Waals surface area contributed by atoms with Crippen molar-refractivity contribution in [3.05, 3.63) is 65.2 Å². The molecule has 0 saturated carbocycles. The van der Waals surface area contributed by atoms with Gasteiger partial charge in [0.25, 0.3) is 5.91 Å². The number of ether oxygens (including phenoxy) is 1. The molecule has 4 nitrogen and oxygen atoms in total. The van der Waals surface area contributed by atoms with Crippen LogP contribution >= 0.6 is 0 Å². The Bertz CT molecular complexity index is 819. The average Bonchev–Trinajstić information content (AvgIpc) is 2.94. The van der Waals surface area contributed by atoms with Crippen LogP contribution in [0.1, 0.15) is 60.5 Å². The van der Waals surface area contributed by atoms with Gasteiger partial charge in [0.1, 0.15) is 11.9 Å². The Balaban J connectivity index is 1.31. The summed E-state index contributed by atoms with van der Waals surface area (Å²) in [5.74, 6) is 0.876. The molecule has 0 radical (unpaired) electrons. The van der Waals surface area contributed by atoms with Gasteiger partial charge >= 0.3 is 0 Å². The fourth-order valence-electron chi connectivity index (χ4n) is 4.77. The number of amides is 1. The standard InChI is InChI=1S/C25H32N2O2/c1-3-5-18-8-10-20(11-9-18)25(28)26-17-19-6-4-7-23(14-19)29-24-15-21-12-13-22(16-24)27(21)2/h4,6-11,14,21-22,24H,3,5,12-13,15-17H2,1-2H3,(H,26,28)/t21-,22+,24-. The lowest BCUT2D eigenvalue weighted by Gasteiger charge is -2.36. The quantitative estimate of drug-likeness (QED) is 0.750. The first-order valence-electron chi connectivity index (χ1n) is 11.0. The van der Waals surface area contributed by atoms with Crippen molar-refractivity contribution in [2.75, 3.05) is 7.05 Å². The van der Waals surface area contributed by atoms with Crippen LogP contribution in [-0.2, 0) is 13.0 Å². The van der Waals surface area contributed by atoms with Gasteiger partial charge in [0, 0.05) is 24.2 Å². The molecule has 2 aliphatic heterocycles. The SMILES string of the molecule is CCCc1ccc(C(=O)NCc2cccc(O[C@@H]3C[C@H]4CC[C@@H](C3)N4C)c2)cc1. The maximum Gasteiger partial charge on any atom is 0.251 e. The van der Waals surface area contributed by atoms with Crippen LogP contribution in [0.3, 0.4) is 0 Å². The van der Waals surface area contributed by atoms with E-state index in [0.717, 1.165) is 37.0 Å². The van der Waals surface area contributed by atoms with Gasteiger partial charge in [-0.05, 0) is 74.5 Å². The minimum Gasteiger partial charge on any atom is -0.490 e. The normalized spacial score (nSPS) is 23.7. The molecule has 2 aliphatic rings. The van der Waals surface area contributed by atoms with Gasteiger partial charge in [0.15, 0.2) is 0 Å². The monoisotopic (exact) mass is 392 g/mol. The van der Waals surface area contributed by atoms with Crippen LogP contribution < -0.4 is 10.1 Å². The van der Waals surface area contributed by atoms with Crippen molar-refractivity contribution in [2.24, 2.45) is 0 Å². The Morgan fingerprint density at radius 2 is 1.79 bits per heavy atom. The van der Waals surface area contributed by atoms with Gasteiger partial charge in [-0.15, -0.1) is 0 Å². The summed E-state index contributed by atoms with van der Waals surface area (Å²) < 4.78 is 6.31. The molecule has 2 fully saturated rings. The number of hydrogen-bond acceptors (Lipinski definition) is 3. The van der Waals surface area contributed by atoms with Gasteiger partial charge in [-0.2, -0.15) is 0 Å². The van der Waals surface area contributed by atoms with E-state index in [2.05, 4.69) is 30.3 Å². The summed E-state index contributed by atoms with van der Waals surface area (Å²) in [7, 11) is 2.25. The maximum atomic E-state index is 12.5. The fourth-order valence-corrected chi connectivity index (χ4v) is 4.77. The summed E-state index contributed by atoms with van der Waals surface area (Å²) in [5, 5.41) is 3.03. The summed E-state index contributed by atoms with van der Waals surface area (Å²) in [5.41, 5.74) is 3.05. The van der Waals surface area contributed by atoms with Crippen molar-refractivity contribution in [3.8, 4) is 5.75 Å². The minimum absolute atomic E-state index is 0.0359. The summed E-state index contributed by atoms with van der Waals surface area (Å²) >= 11 is 0. The zero-order chi connectivity index (χ0) is 20.2. The van der Waals surface area contributed by atoms with E-state index < -0.39 is 0 Å². The third-order valence-corrected chi connectivity index (χ3v) is 6.46. The molecule has 2 aromatic rings. The third-order valence-electron chi connectivity index (χ3n) is 6.46. The number of carbonyl (C=O) groups is 1. The van der Waals surface area contributed by atoms with Gasteiger partial charge in [-0.1, -0.05) is 37.6 Å². The number of carbonyl (C=O) groups excluding carboxylic acids is 1. The Labute approximate surface area is 174 Å². The highest BCUT2D eigenvalue weighted by Gasteiger charge is 2.39. The number of aryl methyl sites for hydroxylation is 1. The lowest BCUT2D eigenvalue weighted by molar-refractivity contribution is 0.0661. The topological polar surface area (TPSA) is 41.6 Å². The lowest BCUT2D eigenvalue weighted by Crippen LogP contribution is -2.43. The minimum atomic E-state index is -0.0359. The van der Waals surface area contributed by atoms with Crippen molar-refractivity contribution in [1.82, 2.24) is 10.2 Å². The van der Waals surface area contributed by atoms with E-state index in [1.54, 1.807) is 0 Å². The van der Waals surface area contributed by atoms with Gasteiger partial charge in [0.05, 0.1) is 0 Å². The Kier molecular flexibility index (Phi) is 6.19. The summed E-state index contributed by atoms with van der Waals surface area (Å²) in [6.45, 7) is 2.67. The molecule has 2 aromatic carbocycles. The van der Waals surface area contributed by atoms with E-state index in [4.69, 9.17) is 4.74 Å². The van der Waals surface area contributed by atoms with Gasteiger partial charge in [-0.3, -0.25) is 4.79 Å². The molecule has 154 valence electrons. The van der Waals surface area contributed by atoms with Gasteiger partial charge in [-0.25, -0.2) is 0 Å². The van der Waals surface area contributed by atoms with E-state index in [1.165, 1.54) is 18.4 Å². The summed E-state index contributed by atoms with van der Waals surface area (Å²) in [4.78, 5) is 15.0. The lowest BCUT2D eigenvalue weighted by atomic mass is 10.0. The Morgan fingerprint density at radius 3 is 2.48 bits per heavy atom. The number of nitrogens with one attached hydrogen (secondary N) is 1. The Hall–Kier alpha value is -2.33. The molecule has 4 heteroatoms. The molecule has 2 saturated heterocycles. The van der Waals surface area contributed by atoms with Crippen LogP contribution in [0.4, 0.5) is 0 Å².